The first kappa shape index (κ1) is 12.5. The lowest BCUT2D eigenvalue weighted by Gasteiger charge is -2.26. The molecule has 15 heavy (non-hydrogen) atoms. The van der Waals surface area contributed by atoms with Crippen molar-refractivity contribution in [1.82, 2.24) is 0 Å². The SMILES string of the molecule is CC1(C(=O)OSN)C/C=C/C(O)CCC1. The summed E-state index contributed by atoms with van der Waals surface area (Å²) in [5, 5.41) is 14.5. The largest absolute Gasteiger partial charge is 0.389 e. The minimum atomic E-state index is -0.511. The van der Waals surface area contributed by atoms with Crippen molar-refractivity contribution < 1.29 is 14.1 Å². The second kappa shape index (κ2) is 5.53. The zero-order chi connectivity index (χ0) is 11.3. The maximum atomic E-state index is 11.6. The summed E-state index contributed by atoms with van der Waals surface area (Å²) in [6, 6.07) is 0. The van der Waals surface area contributed by atoms with E-state index < -0.39 is 5.41 Å². The molecule has 0 aromatic carbocycles. The molecule has 0 bridgehead atoms. The van der Waals surface area contributed by atoms with E-state index in [1.54, 1.807) is 6.08 Å². The van der Waals surface area contributed by atoms with Crippen LogP contribution in [0.4, 0.5) is 0 Å². The third-order valence-corrected chi connectivity index (χ3v) is 3.02. The van der Waals surface area contributed by atoms with E-state index in [1.165, 1.54) is 0 Å². The quantitative estimate of drug-likeness (QED) is 0.428. The Bertz CT molecular complexity index is 257. The second-order valence-electron chi connectivity index (χ2n) is 4.12. The zero-order valence-electron chi connectivity index (χ0n) is 8.81. The number of nitrogens with two attached hydrogens (primary N) is 1. The molecule has 0 fully saturated rings. The zero-order valence-corrected chi connectivity index (χ0v) is 9.63. The van der Waals surface area contributed by atoms with Crippen LogP contribution in [-0.2, 0) is 8.98 Å². The summed E-state index contributed by atoms with van der Waals surface area (Å²) in [5.74, 6) is -0.281. The molecule has 1 aliphatic carbocycles. The van der Waals surface area contributed by atoms with Gasteiger partial charge in [-0.25, -0.2) is 5.14 Å². The lowest BCUT2D eigenvalue weighted by molar-refractivity contribution is -0.144. The molecule has 0 aromatic heterocycles. The molecule has 0 spiro atoms. The van der Waals surface area contributed by atoms with Gasteiger partial charge < -0.3 is 9.29 Å². The van der Waals surface area contributed by atoms with Crippen molar-refractivity contribution in [1.29, 1.82) is 0 Å². The summed E-state index contributed by atoms with van der Waals surface area (Å²) >= 11 is 0.591. The van der Waals surface area contributed by atoms with Crippen molar-refractivity contribution in [2.45, 2.75) is 38.7 Å². The normalized spacial score (nSPS) is 33.9. The summed E-state index contributed by atoms with van der Waals surface area (Å²) in [7, 11) is 0. The Hall–Kier alpha value is -0.520. The Labute approximate surface area is 94.2 Å². The van der Waals surface area contributed by atoms with Crippen molar-refractivity contribution in [3.63, 3.8) is 0 Å². The molecule has 86 valence electrons. The van der Waals surface area contributed by atoms with Crippen LogP contribution in [0.25, 0.3) is 0 Å². The van der Waals surface area contributed by atoms with Gasteiger partial charge in [-0.05, 0) is 32.6 Å². The van der Waals surface area contributed by atoms with E-state index in [2.05, 4.69) is 0 Å². The van der Waals surface area contributed by atoms with E-state index in [1.807, 2.05) is 13.0 Å². The molecule has 5 heteroatoms. The van der Waals surface area contributed by atoms with Gasteiger partial charge in [-0.1, -0.05) is 12.2 Å². The summed E-state index contributed by atoms with van der Waals surface area (Å²) in [5.41, 5.74) is -0.511. The second-order valence-corrected chi connectivity index (χ2v) is 4.48. The first-order valence-corrected chi connectivity index (χ1v) is 5.81. The third-order valence-electron chi connectivity index (χ3n) is 2.77. The Morgan fingerprint density at radius 3 is 3.13 bits per heavy atom. The van der Waals surface area contributed by atoms with Gasteiger partial charge in [-0.2, -0.15) is 0 Å². The highest BCUT2D eigenvalue weighted by Gasteiger charge is 2.34. The Kier molecular flexibility index (Phi) is 4.63. The van der Waals surface area contributed by atoms with Gasteiger partial charge in [0.25, 0.3) is 0 Å². The molecule has 2 atom stereocenters. The molecule has 3 N–H and O–H groups in total. The van der Waals surface area contributed by atoms with Crippen LogP contribution in [0.15, 0.2) is 12.2 Å². The predicted octanol–water partition coefficient (Wildman–Crippen LogP) is 1.55. The van der Waals surface area contributed by atoms with E-state index in [0.29, 0.717) is 31.5 Å². The number of aliphatic hydroxyl groups excluding tert-OH is 1. The van der Waals surface area contributed by atoms with Crippen LogP contribution in [0.3, 0.4) is 0 Å². The lowest BCUT2D eigenvalue weighted by Crippen LogP contribution is -2.29. The summed E-state index contributed by atoms with van der Waals surface area (Å²) in [4.78, 5) is 11.6. The van der Waals surface area contributed by atoms with Gasteiger partial charge in [0.1, 0.15) is 12.2 Å². The molecular weight excluding hydrogens is 214 g/mol. The van der Waals surface area contributed by atoms with Gasteiger partial charge in [-0.3, -0.25) is 4.79 Å². The molecular formula is C10H17NO3S. The van der Waals surface area contributed by atoms with Crippen LogP contribution in [0.1, 0.15) is 32.6 Å². The smallest absolute Gasteiger partial charge is 0.325 e. The Morgan fingerprint density at radius 1 is 1.73 bits per heavy atom. The van der Waals surface area contributed by atoms with Crippen molar-refractivity contribution in [2.24, 2.45) is 10.6 Å². The number of allylic oxidation sites excluding steroid dienone is 1. The molecule has 0 aromatic rings. The van der Waals surface area contributed by atoms with Crippen molar-refractivity contribution in [2.75, 3.05) is 0 Å². The van der Waals surface area contributed by atoms with Crippen molar-refractivity contribution in [3.05, 3.63) is 12.2 Å². The Morgan fingerprint density at radius 2 is 2.47 bits per heavy atom. The standard InChI is InChI=1S/C10H17NO3S/c1-10(9(13)14-15-11)6-2-4-8(12)5-3-7-10/h2,4,8,12H,3,5-7,11H2,1H3/b4-2+. The minimum Gasteiger partial charge on any atom is -0.389 e. The van der Waals surface area contributed by atoms with E-state index in [4.69, 9.17) is 9.32 Å². The van der Waals surface area contributed by atoms with E-state index in [0.717, 1.165) is 6.42 Å². The number of hydrogen-bond donors (Lipinski definition) is 2. The van der Waals surface area contributed by atoms with E-state index in [9.17, 15) is 9.90 Å². The number of carbonyl (C=O) groups excluding carboxylic acids is 1. The summed E-state index contributed by atoms with van der Waals surface area (Å²) < 4.78 is 4.77. The fourth-order valence-corrected chi connectivity index (χ4v) is 2.00. The van der Waals surface area contributed by atoms with Gasteiger partial charge in [0.15, 0.2) is 0 Å². The van der Waals surface area contributed by atoms with Crippen LogP contribution in [0.2, 0.25) is 0 Å². The molecule has 0 aliphatic heterocycles. The summed E-state index contributed by atoms with van der Waals surface area (Å²) in [6.45, 7) is 1.87. The molecule has 4 nitrogen and oxygen atoms in total. The summed E-state index contributed by atoms with van der Waals surface area (Å²) in [6.07, 6.45) is 6.00. The third kappa shape index (κ3) is 3.52. The highest BCUT2D eigenvalue weighted by atomic mass is 32.2. The van der Waals surface area contributed by atoms with Crippen LogP contribution >= 0.6 is 12.2 Å². The average Bonchev–Trinajstić information content (AvgIpc) is 2.15. The average molecular weight is 231 g/mol. The lowest BCUT2D eigenvalue weighted by atomic mass is 9.80. The number of carbonyl (C=O) groups is 1. The fourth-order valence-electron chi connectivity index (χ4n) is 1.71. The molecule has 2 unspecified atom stereocenters. The van der Waals surface area contributed by atoms with Crippen molar-refractivity contribution in [3.8, 4) is 0 Å². The molecule has 1 aliphatic rings. The molecule has 0 saturated carbocycles. The maximum absolute atomic E-state index is 11.6. The van der Waals surface area contributed by atoms with Crippen LogP contribution in [-0.4, -0.2) is 17.2 Å². The molecule has 0 heterocycles. The van der Waals surface area contributed by atoms with Gasteiger partial charge in [0, 0.05) is 0 Å². The number of aliphatic hydroxyl groups is 1. The monoisotopic (exact) mass is 231 g/mol. The molecule has 0 amide bonds. The molecule has 0 saturated heterocycles. The van der Waals surface area contributed by atoms with E-state index in [-0.39, 0.29) is 12.1 Å². The van der Waals surface area contributed by atoms with Gasteiger partial charge in [0.2, 0.25) is 0 Å². The van der Waals surface area contributed by atoms with Crippen LogP contribution in [0.5, 0.6) is 0 Å². The first-order chi connectivity index (χ1) is 7.08. The van der Waals surface area contributed by atoms with Gasteiger partial charge in [-0.15, -0.1) is 0 Å². The van der Waals surface area contributed by atoms with Gasteiger partial charge in [0.05, 0.1) is 11.5 Å². The minimum absolute atomic E-state index is 0.281. The Balaban J connectivity index is 2.66. The number of rotatable bonds is 2. The van der Waals surface area contributed by atoms with Crippen LogP contribution in [0, 0.1) is 5.41 Å². The topological polar surface area (TPSA) is 72.5 Å². The van der Waals surface area contributed by atoms with Crippen LogP contribution < -0.4 is 5.14 Å². The molecule has 0 radical (unpaired) electrons. The first-order valence-electron chi connectivity index (χ1n) is 5.01. The molecule has 1 rings (SSSR count). The predicted molar refractivity (Wildman–Crippen MR) is 59.6 cm³/mol. The fraction of sp³-hybridized carbons (Fsp3) is 0.700. The van der Waals surface area contributed by atoms with E-state index >= 15 is 0 Å². The highest BCUT2D eigenvalue weighted by Crippen LogP contribution is 2.33. The highest BCUT2D eigenvalue weighted by molar-refractivity contribution is 7.92. The van der Waals surface area contributed by atoms with Crippen molar-refractivity contribution >= 4 is 18.2 Å². The maximum Gasteiger partial charge on any atom is 0.325 e. The van der Waals surface area contributed by atoms with Gasteiger partial charge >= 0.3 is 5.97 Å². The number of hydrogen-bond acceptors (Lipinski definition) is 5.